The van der Waals surface area contributed by atoms with Crippen LogP contribution >= 0.6 is 22.9 Å². The van der Waals surface area contributed by atoms with Crippen LogP contribution in [0.15, 0.2) is 40.6 Å². The minimum absolute atomic E-state index is 0.0960. The number of hydrogen-bond acceptors (Lipinski definition) is 5. The number of amides is 1. The Kier molecular flexibility index (Phi) is 6.65. The van der Waals surface area contributed by atoms with E-state index in [1.807, 2.05) is 38.1 Å². The number of benzene rings is 1. The number of carbonyl (C=O) groups excluding carboxylic acids is 1. The third-order valence-corrected chi connectivity index (χ3v) is 7.79. The molecular weight excluding hydrogens is 418 g/mol. The molecule has 6 nitrogen and oxygen atoms in total. The molecule has 0 unspecified atom stereocenters. The minimum atomic E-state index is -3.71. The van der Waals surface area contributed by atoms with Gasteiger partial charge in [-0.2, -0.15) is 4.31 Å². The third-order valence-electron chi connectivity index (χ3n) is 4.55. The molecule has 2 heterocycles. The summed E-state index contributed by atoms with van der Waals surface area (Å²) in [6.07, 6.45) is 0. The quantitative estimate of drug-likeness (QED) is 0.746. The van der Waals surface area contributed by atoms with Crippen LogP contribution in [0.2, 0.25) is 5.02 Å². The molecule has 1 aromatic heterocycles. The summed E-state index contributed by atoms with van der Waals surface area (Å²) in [5, 5.41) is 5.13. The summed E-state index contributed by atoms with van der Waals surface area (Å²) in [5.74, 6) is -0.0352. The Bertz CT molecular complexity index is 918. The second-order valence-corrected chi connectivity index (χ2v) is 10.3. The predicted molar refractivity (Wildman–Crippen MR) is 114 cm³/mol. The monoisotopic (exact) mass is 441 g/mol. The first kappa shape index (κ1) is 21.1. The molecule has 2 aromatic rings. The average Bonchev–Trinajstić information content (AvgIpc) is 3.18. The van der Waals surface area contributed by atoms with Gasteiger partial charge in [0.1, 0.15) is 9.77 Å². The number of hydrogen-bond donors (Lipinski definition) is 1. The highest BCUT2D eigenvalue weighted by Crippen LogP contribution is 2.27. The van der Waals surface area contributed by atoms with Gasteiger partial charge in [0, 0.05) is 43.4 Å². The van der Waals surface area contributed by atoms with Crippen LogP contribution in [0.1, 0.15) is 23.5 Å². The minimum Gasteiger partial charge on any atom is -0.369 e. The van der Waals surface area contributed by atoms with Gasteiger partial charge in [-0.25, -0.2) is 8.42 Å². The molecule has 0 radical (unpaired) electrons. The fraction of sp³-hybridized carbons (Fsp3) is 0.421. The summed E-state index contributed by atoms with van der Waals surface area (Å²) >= 11 is 7.09. The van der Waals surface area contributed by atoms with E-state index in [1.54, 1.807) is 5.38 Å². The van der Waals surface area contributed by atoms with Gasteiger partial charge < -0.3 is 10.2 Å². The summed E-state index contributed by atoms with van der Waals surface area (Å²) < 4.78 is 27.7. The smallest absolute Gasteiger partial charge is 0.262 e. The van der Waals surface area contributed by atoms with E-state index in [4.69, 9.17) is 11.6 Å². The summed E-state index contributed by atoms with van der Waals surface area (Å²) in [6.45, 7) is 6.40. The van der Waals surface area contributed by atoms with Gasteiger partial charge in [-0.3, -0.25) is 4.79 Å². The number of sulfonamides is 1. The van der Waals surface area contributed by atoms with Gasteiger partial charge >= 0.3 is 0 Å². The number of nitrogens with one attached hydrogen (secondary N) is 1. The molecular formula is C19H24ClN3O3S2. The standard InChI is InChI=1S/C19H24ClN3O3S2/c1-14(2)13-21-19(24)18-17(7-12-27-18)28(25,26)23-10-8-22(9-11-23)16-5-3-15(20)4-6-16/h3-7,12,14H,8-11,13H2,1-2H3,(H,21,24). The average molecular weight is 442 g/mol. The molecule has 152 valence electrons. The zero-order valence-corrected chi connectivity index (χ0v) is 18.3. The second kappa shape index (κ2) is 8.82. The maximum absolute atomic E-state index is 13.1. The second-order valence-electron chi connectivity index (χ2n) is 7.09. The van der Waals surface area contributed by atoms with Gasteiger partial charge in [0.25, 0.3) is 5.91 Å². The predicted octanol–water partition coefficient (Wildman–Crippen LogP) is 3.30. The van der Waals surface area contributed by atoms with Crippen molar-refractivity contribution in [1.29, 1.82) is 0 Å². The van der Waals surface area contributed by atoms with Crippen LogP contribution in [0.5, 0.6) is 0 Å². The first-order valence-corrected chi connectivity index (χ1v) is 11.8. The van der Waals surface area contributed by atoms with E-state index < -0.39 is 10.0 Å². The van der Waals surface area contributed by atoms with Crippen molar-refractivity contribution >= 4 is 44.6 Å². The molecule has 1 fully saturated rings. The molecule has 0 atom stereocenters. The normalized spacial score (nSPS) is 15.8. The number of piperazine rings is 1. The molecule has 0 aliphatic carbocycles. The van der Waals surface area contributed by atoms with E-state index in [-0.39, 0.29) is 15.7 Å². The van der Waals surface area contributed by atoms with Crippen molar-refractivity contribution in [3.05, 3.63) is 45.6 Å². The van der Waals surface area contributed by atoms with Crippen molar-refractivity contribution < 1.29 is 13.2 Å². The fourth-order valence-corrected chi connectivity index (χ4v) is 5.89. The molecule has 0 spiro atoms. The van der Waals surface area contributed by atoms with Gasteiger partial charge in [0.15, 0.2) is 0 Å². The van der Waals surface area contributed by atoms with Crippen LogP contribution in [0.3, 0.4) is 0 Å². The molecule has 28 heavy (non-hydrogen) atoms. The highest BCUT2D eigenvalue weighted by molar-refractivity contribution is 7.89. The summed E-state index contributed by atoms with van der Waals surface area (Å²) in [7, 11) is -3.71. The van der Waals surface area contributed by atoms with Crippen molar-refractivity contribution in [3.63, 3.8) is 0 Å². The Labute approximate surface area is 175 Å². The molecule has 1 N–H and O–H groups in total. The van der Waals surface area contributed by atoms with Crippen LogP contribution in [0.4, 0.5) is 5.69 Å². The lowest BCUT2D eigenvalue weighted by Gasteiger charge is -2.35. The highest BCUT2D eigenvalue weighted by atomic mass is 35.5. The fourth-order valence-electron chi connectivity index (χ4n) is 3.02. The molecule has 1 aliphatic rings. The first-order valence-electron chi connectivity index (χ1n) is 9.15. The van der Waals surface area contributed by atoms with Gasteiger partial charge in [0.2, 0.25) is 10.0 Å². The van der Waals surface area contributed by atoms with E-state index in [2.05, 4.69) is 10.2 Å². The lowest BCUT2D eigenvalue weighted by Crippen LogP contribution is -2.48. The van der Waals surface area contributed by atoms with Crippen LogP contribution in [0, 0.1) is 5.92 Å². The molecule has 1 aromatic carbocycles. The van der Waals surface area contributed by atoms with E-state index in [0.717, 1.165) is 17.0 Å². The lowest BCUT2D eigenvalue weighted by atomic mass is 10.2. The van der Waals surface area contributed by atoms with Crippen molar-refractivity contribution in [2.45, 2.75) is 18.7 Å². The van der Waals surface area contributed by atoms with E-state index in [1.165, 1.54) is 10.4 Å². The van der Waals surface area contributed by atoms with Crippen LogP contribution < -0.4 is 10.2 Å². The topological polar surface area (TPSA) is 69.7 Å². The van der Waals surface area contributed by atoms with Crippen molar-refractivity contribution in [3.8, 4) is 0 Å². The maximum Gasteiger partial charge on any atom is 0.262 e. The van der Waals surface area contributed by atoms with Crippen molar-refractivity contribution in [1.82, 2.24) is 9.62 Å². The zero-order valence-electron chi connectivity index (χ0n) is 15.9. The summed E-state index contributed by atoms with van der Waals surface area (Å²) in [4.78, 5) is 14.9. The highest BCUT2D eigenvalue weighted by Gasteiger charge is 2.32. The Morgan fingerprint density at radius 1 is 1.14 bits per heavy atom. The number of carbonyl (C=O) groups is 1. The van der Waals surface area contributed by atoms with E-state index in [0.29, 0.717) is 43.7 Å². The van der Waals surface area contributed by atoms with Crippen LogP contribution in [0.25, 0.3) is 0 Å². The molecule has 3 rings (SSSR count). The summed E-state index contributed by atoms with van der Waals surface area (Å²) in [6, 6.07) is 9.04. The lowest BCUT2D eigenvalue weighted by molar-refractivity contribution is 0.0950. The van der Waals surface area contributed by atoms with Crippen LogP contribution in [-0.2, 0) is 10.0 Å². The zero-order chi connectivity index (χ0) is 20.3. The number of anilines is 1. The van der Waals surface area contributed by atoms with E-state index in [9.17, 15) is 13.2 Å². The maximum atomic E-state index is 13.1. The van der Waals surface area contributed by atoms with Crippen molar-refractivity contribution in [2.24, 2.45) is 5.92 Å². The first-order chi connectivity index (χ1) is 13.3. The van der Waals surface area contributed by atoms with E-state index >= 15 is 0 Å². The molecule has 1 saturated heterocycles. The van der Waals surface area contributed by atoms with Gasteiger partial charge in [-0.1, -0.05) is 25.4 Å². The van der Waals surface area contributed by atoms with Gasteiger partial charge in [0.05, 0.1) is 0 Å². The molecule has 0 saturated carbocycles. The molecule has 1 amide bonds. The number of halogens is 1. The Hall–Kier alpha value is -1.61. The molecule has 1 aliphatic heterocycles. The molecule has 0 bridgehead atoms. The summed E-state index contributed by atoms with van der Waals surface area (Å²) in [5.41, 5.74) is 1.02. The third kappa shape index (κ3) is 4.68. The van der Waals surface area contributed by atoms with Crippen molar-refractivity contribution in [2.75, 3.05) is 37.6 Å². The number of thiophene rings is 1. The number of rotatable bonds is 6. The number of nitrogens with zero attached hydrogens (tertiary/aromatic N) is 2. The molecule has 9 heteroatoms. The van der Waals surface area contributed by atoms with Gasteiger partial charge in [-0.05, 0) is 41.6 Å². The largest absolute Gasteiger partial charge is 0.369 e. The SMILES string of the molecule is CC(C)CNC(=O)c1sccc1S(=O)(=O)N1CCN(c2ccc(Cl)cc2)CC1. The van der Waals surface area contributed by atoms with Crippen LogP contribution in [-0.4, -0.2) is 51.4 Å². The Morgan fingerprint density at radius 2 is 1.79 bits per heavy atom. The Balaban J connectivity index is 1.70. The Morgan fingerprint density at radius 3 is 2.39 bits per heavy atom. The van der Waals surface area contributed by atoms with Gasteiger partial charge in [-0.15, -0.1) is 11.3 Å².